The fourth-order valence-corrected chi connectivity index (χ4v) is 3.25. The summed E-state index contributed by atoms with van der Waals surface area (Å²) in [5.41, 5.74) is 1.16. The molecule has 1 aliphatic heterocycles. The van der Waals surface area contributed by atoms with Crippen LogP contribution in [-0.4, -0.2) is 23.5 Å². The second-order valence-corrected chi connectivity index (χ2v) is 7.29. The van der Waals surface area contributed by atoms with Crippen LogP contribution < -0.4 is 0 Å². The molecule has 0 bridgehead atoms. The predicted octanol–water partition coefficient (Wildman–Crippen LogP) is 4.44. The lowest BCUT2D eigenvalue weighted by molar-refractivity contribution is 0.170. The molecule has 0 aromatic heterocycles. The average molecular weight is 342 g/mol. The molecule has 0 radical (unpaired) electrons. The van der Waals surface area contributed by atoms with E-state index in [1.807, 2.05) is 18.2 Å². The zero-order valence-corrected chi connectivity index (χ0v) is 13.8. The van der Waals surface area contributed by atoms with Crippen LogP contribution in [0.5, 0.6) is 0 Å². The highest BCUT2D eigenvalue weighted by Crippen LogP contribution is 2.40. The van der Waals surface area contributed by atoms with Crippen molar-refractivity contribution in [2.75, 3.05) is 13.1 Å². The molecule has 0 amide bonds. The molecule has 1 saturated heterocycles. The van der Waals surface area contributed by atoms with Crippen molar-refractivity contribution in [3.63, 3.8) is 0 Å². The smallest absolute Gasteiger partial charge is 0.0676 e. The van der Waals surface area contributed by atoms with Crippen LogP contribution in [0.25, 0.3) is 0 Å². The van der Waals surface area contributed by atoms with Gasteiger partial charge < -0.3 is 0 Å². The van der Waals surface area contributed by atoms with Gasteiger partial charge in [-0.25, -0.2) is 0 Å². The van der Waals surface area contributed by atoms with Gasteiger partial charge in [0.05, 0.1) is 17.0 Å². The summed E-state index contributed by atoms with van der Waals surface area (Å²) < 4.78 is 0.901. The second-order valence-electron chi connectivity index (χ2n) is 6.06. The molecule has 4 heteroatoms. The van der Waals surface area contributed by atoms with Crippen molar-refractivity contribution in [1.29, 1.82) is 5.26 Å². The molecule has 1 heterocycles. The van der Waals surface area contributed by atoms with Gasteiger partial charge in [-0.1, -0.05) is 23.7 Å². The fraction of sp³-hybridized carbons (Fsp3) is 0.533. The molecule has 1 fully saturated rings. The van der Waals surface area contributed by atoms with Gasteiger partial charge in [-0.3, -0.25) is 4.90 Å². The third-order valence-corrected chi connectivity index (χ3v) is 5.13. The van der Waals surface area contributed by atoms with E-state index in [9.17, 15) is 5.26 Å². The molecule has 1 aromatic rings. The first kappa shape index (κ1) is 14.8. The Bertz CT molecular complexity index is 516. The Hall–Kier alpha value is -0.560. The third-order valence-electron chi connectivity index (χ3n) is 3.82. The first-order valence-corrected chi connectivity index (χ1v) is 7.60. The zero-order chi connectivity index (χ0) is 14.2. The summed E-state index contributed by atoms with van der Waals surface area (Å²) in [6.07, 6.45) is 0. The molecular formula is C15H18BrClN2. The monoisotopic (exact) mass is 340 g/mol. The van der Waals surface area contributed by atoms with E-state index in [0.717, 1.165) is 28.1 Å². The molecule has 0 N–H and O–H groups in total. The molecule has 0 aliphatic carbocycles. The lowest BCUT2D eigenvalue weighted by Crippen LogP contribution is -2.39. The van der Waals surface area contributed by atoms with Crippen LogP contribution in [0.3, 0.4) is 0 Å². The first-order valence-electron chi connectivity index (χ1n) is 6.43. The van der Waals surface area contributed by atoms with Crippen LogP contribution in [0, 0.1) is 17.2 Å². The van der Waals surface area contributed by atoms with Crippen LogP contribution >= 0.6 is 27.5 Å². The molecular weight excluding hydrogens is 324 g/mol. The molecule has 19 heavy (non-hydrogen) atoms. The van der Waals surface area contributed by atoms with Crippen LogP contribution in [0.2, 0.25) is 5.02 Å². The Morgan fingerprint density at radius 1 is 1.37 bits per heavy atom. The van der Waals surface area contributed by atoms with Crippen LogP contribution in [0.15, 0.2) is 22.7 Å². The van der Waals surface area contributed by atoms with E-state index in [2.05, 4.69) is 47.7 Å². The van der Waals surface area contributed by atoms with Gasteiger partial charge in [0.1, 0.15) is 0 Å². The van der Waals surface area contributed by atoms with Crippen molar-refractivity contribution in [3.8, 4) is 6.07 Å². The number of likely N-dealkylation sites (tertiary alicyclic amines) is 1. The highest BCUT2D eigenvalue weighted by Gasteiger charge is 2.39. The largest absolute Gasteiger partial charge is 0.297 e. The molecule has 2 atom stereocenters. The number of nitriles is 1. The lowest BCUT2D eigenvalue weighted by atomic mass is 9.90. The van der Waals surface area contributed by atoms with Crippen LogP contribution in [0.1, 0.15) is 32.3 Å². The summed E-state index contributed by atoms with van der Waals surface area (Å²) in [7, 11) is 0. The molecule has 1 aromatic carbocycles. The Kier molecular flexibility index (Phi) is 4.25. The average Bonchev–Trinajstić information content (AvgIpc) is 2.76. The molecule has 1 aliphatic rings. The summed E-state index contributed by atoms with van der Waals surface area (Å²) in [4.78, 5) is 2.36. The fourth-order valence-electron chi connectivity index (χ4n) is 2.60. The van der Waals surface area contributed by atoms with Crippen LogP contribution in [-0.2, 0) is 0 Å². The zero-order valence-electron chi connectivity index (χ0n) is 11.5. The van der Waals surface area contributed by atoms with Crippen LogP contribution in [0.4, 0.5) is 0 Å². The number of halogens is 2. The normalized spacial score (nSPS) is 24.4. The van der Waals surface area contributed by atoms with Crippen molar-refractivity contribution < 1.29 is 0 Å². The first-order chi connectivity index (χ1) is 8.84. The Balaban J connectivity index is 2.34. The number of benzene rings is 1. The highest BCUT2D eigenvalue weighted by atomic mass is 79.9. The minimum atomic E-state index is 0.00558. The minimum absolute atomic E-state index is 0.00558. The van der Waals surface area contributed by atoms with Crippen molar-refractivity contribution in [2.24, 2.45) is 5.92 Å². The topological polar surface area (TPSA) is 27.0 Å². The van der Waals surface area contributed by atoms with Gasteiger partial charge in [-0.05, 0) is 48.3 Å². The second kappa shape index (κ2) is 5.44. The van der Waals surface area contributed by atoms with Crippen molar-refractivity contribution in [2.45, 2.75) is 32.2 Å². The third kappa shape index (κ3) is 2.97. The summed E-state index contributed by atoms with van der Waals surface area (Å²) in [6, 6.07) is 8.40. The summed E-state index contributed by atoms with van der Waals surface area (Å²) in [5.74, 6) is 0.195. The predicted molar refractivity (Wildman–Crippen MR) is 82.3 cm³/mol. The lowest BCUT2D eigenvalue weighted by Gasteiger charge is -2.31. The molecule has 0 saturated carbocycles. The van der Waals surface area contributed by atoms with Gasteiger partial charge in [0.25, 0.3) is 0 Å². The van der Waals surface area contributed by atoms with Crippen molar-refractivity contribution in [1.82, 2.24) is 4.90 Å². The number of rotatable bonds is 1. The maximum atomic E-state index is 9.41. The summed E-state index contributed by atoms with van der Waals surface area (Å²) in [5, 5.41) is 10.1. The Labute approximate surface area is 128 Å². The van der Waals surface area contributed by atoms with Crippen molar-refractivity contribution >= 4 is 27.5 Å². The minimum Gasteiger partial charge on any atom is -0.297 e. The van der Waals surface area contributed by atoms with E-state index in [1.165, 1.54) is 0 Å². The summed E-state index contributed by atoms with van der Waals surface area (Å²) >= 11 is 9.84. The van der Waals surface area contributed by atoms with Gasteiger partial charge in [0.15, 0.2) is 0 Å². The quantitative estimate of drug-likeness (QED) is 0.755. The Morgan fingerprint density at radius 2 is 2.05 bits per heavy atom. The van der Waals surface area contributed by atoms with Gasteiger partial charge in [-0.15, -0.1) is 0 Å². The SMILES string of the molecule is CC(C)(C)N1C[C@@H](C#N)[C@H](c2cccc(Br)c2Cl)C1. The van der Waals surface area contributed by atoms with E-state index in [1.54, 1.807) is 0 Å². The van der Waals surface area contributed by atoms with Gasteiger partial charge in [0.2, 0.25) is 0 Å². The highest BCUT2D eigenvalue weighted by molar-refractivity contribution is 9.10. The van der Waals surface area contributed by atoms with E-state index >= 15 is 0 Å². The number of nitrogens with zero attached hydrogens (tertiary/aromatic N) is 2. The Morgan fingerprint density at radius 3 is 2.63 bits per heavy atom. The molecule has 0 spiro atoms. The van der Waals surface area contributed by atoms with Crippen molar-refractivity contribution in [3.05, 3.63) is 33.3 Å². The molecule has 2 rings (SSSR count). The summed E-state index contributed by atoms with van der Waals surface area (Å²) in [6.45, 7) is 8.26. The maximum absolute atomic E-state index is 9.41. The van der Waals surface area contributed by atoms with E-state index in [-0.39, 0.29) is 17.4 Å². The van der Waals surface area contributed by atoms with Gasteiger partial charge in [-0.2, -0.15) is 5.26 Å². The molecule has 0 unspecified atom stereocenters. The molecule has 2 nitrogen and oxygen atoms in total. The maximum Gasteiger partial charge on any atom is 0.0676 e. The number of hydrogen-bond acceptors (Lipinski definition) is 2. The van der Waals surface area contributed by atoms with E-state index in [0.29, 0.717) is 0 Å². The van der Waals surface area contributed by atoms with Gasteiger partial charge in [0, 0.05) is 29.0 Å². The van der Waals surface area contributed by atoms with Gasteiger partial charge >= 0.3 is 0 Å². The van der Waals surface area contributed by atoms with E-state index < -0.39 is 0 Å². The molecule has 102 valence electrons. The van der Waals surface area contributed by atoms with E-state index in [4.69, 9.17) is 11.6 Å². The standard InChI is InChI=1S/C15H18BrClN2/c1-15(2,3)19-8-10(7-18)12(9-19)11-5-4-6-13(16)14(11)17/h4-6,10,12H,8-9H2,1-3H3/t10-,12-/m1/s1. The number of hydrogen-bond donors (Lipinski definition) is 0.